The Bertz CT molecular complexity index is 1130. The average Bonchev–Trinajstić information content (AvgIpc) is 3.17. The van der Waals surface area contributed by atoms with Crippen molar-refractivity contribution >= 4 is 16.4 Å². The molecule has 328 valence electrons. The Balaban J connectivity index is 2.45. The third-order valence-electron chi connectivity index (χ3n) is 9.73. The summed E-state index contributed by atoms with van der Waals surface area (Å²) in [6.45, 7) is 3.90. The van der Waals surface area contributed by atoms with E-state index in [0.717, 1.165) is 64.2 Å². The van der Waals surface area contributed by atoms with Crippen LogP contribution < -0.4 is 0 Å². The highest BCUT2D eigenvalue weighted by atomic mass is 32.3. The largest absolute Gasteiger partial charge is 0.457 e. The first kappa shape index (κ1) is 52.3. The van der Waals surface area contributed by atoms with Crippen molar-refractivity contribution in [2.45, 2.75) is 205 Å². The predicted molar refractivity (Wildman–Crippen MR) is 220 cm³/mol. The second-order valence-electron chi connectivity index (χ2n) is 14.9. The van der Waals surface area contributed by atoms with E-state index in [1.54, 1.807) is 0 Å². The molecule has 1 fully saturated rings. The molecule has 0 saturated carbocycles. The van der Waals surface area contributed by atoms with Gasteiger partial charge in [0.25, 0.3) is 0 Å². The molecule has 1 aliphatic rings. The van der Waals surface area contributed by atoms with E-state index >= 15 is 0 Å². The van der Waals surface area contributed by atoms with E-state index in [0.29, 0.717) is 13.0 Å². The number of allylic oxidation sites excluding steroid dienone is 6. The number of esters is 1. The molecule has 4 N–H and O–H groups in total. The summed E-state index contributed by atoms with van der Waals surface area (Å²) in [4.78, 5) is 12.8. The molecule has 0 aromatic heterocycles. The molecule has 0 aromatic rings. The zero-order chi connectivity index (χ0) is 41.1. The van der Waals surface area contributed by atoms with E-state index in [9.17, 15) is 28.5 Å². The monoisotopic (exact) mass is 819 g/mol. The molecule has 6 atom stereocenters. The van der Waals surface area contributed by atoms with E-state index in [4.69, 9.17) is 23.5 Å². The minimum absolute atomic E-state index is 0.0286. The van der Waals surface area contributed by atoms with Crippen LogP contribution in [0.15, 0.2) is 36.5 Å². The molecule has 0 radical (unpaired) electrons. The van der Waals surface area contributed by atoms with Gasteiger partial charge in [-0.3, -0.25) is 9.35 Å². The van der Waals surface area contributed by atoms with Gasteiger partial charge in [0, 0.05) is 13.0 Å². The van der Waals surface area contributed by atoms with Crippen LogP contribution in [0.4, 0.5) is 0 Å². The minimum Gasteiger partial charge on any atom is -0.457 e. The highest BCUT2D eigenvalue weighted by Gasteiger charge is 2.48. The summed E-state index contributed by atoms with van der Waals surface area (Å²) < 4.78 is 58.9. The maximum atomic E-state index is 12.8. The summed E-state index contributed by atoms with van der Waals surface area (Å²) in [6.07, 6.45) is 30.3. The number of carbonyl (C=O) groups excluding carboxylic acids is 1. The van der Waals surface area contributed by atoms with Gasteiger partial charge in [-0.15, -0.1) is 0 Å². The maximum absolute atomic E-state index is 12.8. The summed E-state index contributed by atoms with van der Waals surface area (Å²) in [7, 11) is -5.06. The Labute approximate surface area is 339 Å². The fraction of sp³-hybridized carbons (Fsp3) is 0.837. The molecular formula is C43H78O12S. The number of rotatable bonds is 37. The molecule has 1 saturated heterocycles. The van der Waals surface area contributed by atoms with Crippen molar-refractivity contribution in [1.29, 1.82) is 0 Å². The van der Waals surface area contributed by atoms with Gasteiger partial charge in [-0.2, -0.15) is 8.42 Å². The second-order valence-corrected chi connectivity index (χ2v) is 16.0. The predicted octanol–water partition coefficient (Wildman–Crippen LogP) is 8.63. The molecule has 1 aliphatic heterocycles. The van der Waals surface area contributed by atoms with E-state index in [1.807, 2.05) is 0 Å². The van der Waals surface area contributed by atoms with Crippen molar-refractivity contribution in [2.24, 2.45) is 0 Å². The van der Waals surface area contributed by atoms with Crippen LogP contribution in [0.3, 0.4) is 0 Å². The van der Waals surface area contributed by atoms with Gasteiger partial charge < -0.3 is 34.3 Å². The van der Waals surface area contributed by atoms with Crippen LogP contribution in [0.2, 0.25) is 0 Å². The number of aliphatic hydroxyl groups excluding tert-OH is 3. The summed E-state index contributed by atoms with van der Waals surface area (Å²) >= 11 is 0. The van der Waals surface area contributed by atoms with Crippen molar-refractivity contribution in [1.82, 2.24) is 0 Å². The molecule has 0 amide bonds. The number of hydrogen-bond donors (Lipinski definition) is 4. The second kappa shape index (κ2) is 35.3. The highest BCUT2D eigenvalue weighted by Crippen LogP contribution is 2.26. The van der Waals surface area contributed by atoms with Gasteiger partial charge in [-0.05, 0) is 64.2 Å². The maximum Gasteiger partial charge on any atom is 0.397 e. The van der Waals surface area contributed by atoms with Gasteiger partial charge in [0.05, 0.1) is 19.8 Å². The third kappa shape index (κ3) is 28.7. The molecular weight excluding hydrogens is 741 g/mol. The zero-order valence-corrected chi connectivity index (χ0v) is 35.5. The topological polar surface area (TPSA) is 178 Å². The van der Waals surface area contributed by atoms with Crippen LogP contribution in [-0.4, -0.2) is 97.5 Å². The first-order valence-electron chi connectivity index (χ1n) is 21.7. The zero-order valence-electron chi connectivity index (χ0n) is 34.7. The van der Waals surface area contributed by atoms with Crippen molar-refractivity contribution < 1.29 is 56.2 Å². The average molecular weight is 819 g/mol. The van der Waals surface area contributed by atoms with E-state index < -0.39 is 59.8 Å². The number of unbranched alkanes of at least 4 members (excludes halogenated alkanes) is 18. The van der Waals surface area contributed by atoms with E-state index in [2.05, 4.69) is 54.5 Å². The van der Waals surface area contributed by atoms with E-state index in [-0.39, 0.29) is 19.6 Å². The van der Waals surface area contributed by atoms with Crippen LogP contribution in [0, 0.1) is 0 Å². The van der Waals surface area contributed by atoms with Crippen LogP contribution in [0.25, 0.3) is 0 Å². The van der Waals surface area contributed by atoms with Crippen LogP contribution in [-0.2, 0) is 38.3 Å². The SMILES string of the molecule is CCCC/C=C\CCCCCCCCOCC(COC1OC(CO)C(O)C(OS(=O)(=O)O)C1O)OC(=O)CCCCCCCCC/C=C\C/C=C\CCCCC. The van der Waals surface area contributed by atoms with Crippen LogP contribution in [0.1, 0.15) is 168 Å². The van der Waals surface area contributed by atoms with Crippen LogP contribution >= 0.6 is 0 Å². The first-order valence-corrected chi connectivity index (χ1v) is 23.1. The number of hydrogen-bond acceptors (Lipinski definition) is 11. The summed E-state index contributed by atoms with van der Waals surface area (Å²) in [5.41, 5.74) is 0. The van der Waals surface area contributed by atoms with Gasteiger partial charge in [0.1, 0.15) is 30.5 Å². The molecule has 0 spiro atoms. The smallest absolute Gasteiger partial charge is 0.397 e. The van der Waals surface area contributed by atoms with E-state index in [1.165, 1.54) is 77.0 Å². The fourth-order valence-electron chi connectivity index (χ4n) is 6.39. The lowest BCUT2D eigenvalue weighted by molar-refractivity contribution is -0.301. The Hall–Kier alpha value is -1.68. The van der Waals surface area contributed by atoms with Crippen molar-refractivity contribution in [3.05, 3.63) is 36.5 Å². The molecule has 0 aliphatic carbocycles. The standard InChI is InChI=1S/C43H78O12S/c1-3-5-7-9-11-13-15-17-18-19-20-21-22-24-26-28-30-32-39(45)53-37(35-51-33-31-29-27-25-23-16-14-12-10-8-6-4-2)36-52-43-41(47)42(55-56(48,49)50)40(46)38(34-44)54-43/h10-13,17-18,37-38,40-44,46-47H,3-9,14-16,19-36H2,1-2H3,(H,48,49,50)/b12-10-,13-11-,18-17-. The lowest BCUT2D eigenvalue weighted by Crippen LogP contribution is -2.60. The van der Waals surface area contributed by atoms with Gasteiger partial charge in [0.2, 0.25) is 0 Å². The van der Waals surface area contributed by atoms with Gasteiger partial charge in [-0.25, -0.2) is 4.18 Å². The van der Waals surface area contributed by atoms with Crippen molar-refractivity contribution in [3.63, 3.8) is 0 Å². The van der Waals surface area contributed by atoms with Crippen molar-refractivity contribution in [2.75, 3.05) is 26.4 Å². The highest BCUT2D eigenvalue weighted by molar-refractivity contribution is 7.80. The van der Waals surface area contributed by atoms with Gasteiger partial charge in [0.15, 0.2) is 6.29 Å². The Morgan fingerprint density at radius 3 is 1.77 bits per heavy atom. The van der Waals surface area contributed by atoms with Crippen molar-refractivity contribution in [3.8, 4) is 0 Å². The minimum atomic E-state index is -5.06. The summed E-state index contributed by atoms with van der Waals surface area (Å²) in [6, 6.07) is 0. The number of carbonyl (C=O) groups is 1. The third-order valence-corrected chi connectivity index (χ3v) is 10.2. The molecule has 0 bridgehead atoms. The fourth-order valence-corrected chi connectivity index (χ4v) is 6.90. The quantitative estimate of drug-likeness (QED) is 0.0203. The Kier molecular flexibility index (Phi) is 33.0. The van der Waals surface area contributed by atoms with Crippen LogP contribution in [0.5, 0.6) is 0 Å². The molecule has 56 heavy (non-hydrogen) atoms. The van der Waals surface area contributed by atoms with Gasteiger partial charge >= 0.3 is 16.4 Å². The lowest BCUT2D eigenvalue weighted by Gasteiger charge is -2.41. The number of ether oxygens (including phenoxy) is 4. The molecule has 1 rings (SSSR count). The molecule has 6 unspecified atom stereocenters. The summed E-state index contributed by atoms with van der Waals surface area (Å²) in [5.74, 6) is -0.411. The summed E-state index contributed by atoms with van der Waals surface area (Å²) in [5, 5.41) is 30.6. The normalized spacial score (nSPS) is 21.1. The molecule has 13 heteroatoms. The number of aliphatic hydroxyl groups is 3. The lowest BCUT2D eigenvalue weighted by atomic mass is 9.99. The van der Waals surface area contributed by atoms with Gasteiger partial charge in [-0.1, -0.05) is 134 Å². The molecule has 1 heterocycles. The molecule has 0 aromatic carbocycles. The first-order chi connectivity index (χ1) is 27.1. The molecule has 12 nitrogen and oxygen atoms in total. The Morgan fingerprint density at radius 1 is 0.679 bits per heavy atom. The Morgan fingerprint density at radius 2 is 1.20 bits per heavy atom.